The largest absolute Gasteiger partial charge is 0.497 e. The summed E-state index contributed by atoms with van der Waals surface area (Å²) in [5.74, 6) is -0.246. The first-order valence-electron chi connectivity index (χ1n) is 9.67. The van der Waals surface area contributed by atoms with Crippen LogP contribution in [0.2, 0.25) is 0 Å². The van der Waals surface area contributed by atoms with E-state index in [9.17, 15) is 9.18 Å². The number of hydrogen-bond donors (Lipinski definition) is 3. The Bertz CT molecular complexity index is 1000. The van der Waals surface area contributed by atoms with Crippen molar-refractivity contribution in [1.82, 2.24) is 5.32 Å². The fraction of sp³-hybridized carbons (Fsp3) is 0.208. The van der Waals surface area contributed by atoms with Gasteiger partial charge in [0.1, 0.15) is 11.6 Å². The van der Waals surface area contributed by atoms with E-state index in [0.29, 0.717) is 22.8 Å². The van der Waals surface area contributed by atoms with E-state index in [1.807, 2.05) is 12.1 Å². The fourth-order valence-corrected chi connectivity index (χ4v) is 3.51. The molecule has 0 bridgehead atoms. The second-order valence-corrected chi connectivity index (χ2v) is 7.35. The summed E-state index contributed by atoms with van der Waals surface area (Å²) >= 11 is 0. The van der Waals surface area contributed by atoms with E-state index in [1.165, 1.54) is 36.4 Å². The molecular weight excluding hydrogens is 381 g/mol. The zero-order valence-electron chi connectivity index (χ0n) is 17.2. The Morgan fingerprint density at radius 3 is 2.50 bits per heavy atom. The molecule has 1 aliphatic carbocycles. The predicted octanol–water partition coefficient (Wildman–Crippen LogP) is 3.83. The lowest BCUT2D eigenvalue weighted by Crippen LogP contribution is -2.35. The summed E-state index contributed by atoms with van der Waals surface area (Å²) in [7, 11) is 1.48. The van der Waals surface area contributed by atoms with Gasteiger partial charge in [-0.3, -0.25) is 4.79 Å². The molecule has 1 aliphatic rings. The van der Waals surface area contributed by atoms with Crippen molar-refractivity contribution in [2.24, 2.45) is 5.73 Å². The zero-order valence-corrected chi connectivity index (χ0v) is 17.2. The van der Waals surface area contributed by atoms with Crippen LogP contribution in [0, 0.1) is 5.82 Å². The molecule has 0 spiro atoms. The number of nitrogens with two attached hydrogens (primary N) is 1. The van der Waals surface area contributed by atoms with Crippen LogP contribution in [0.4, 0.5) is 10.1 Å². The van der Waals surface area contributed by atoms with Crippen LogP contribution in [0.15, 0.2) is 78.2 Å². The lowest BCUT2D eigenvalue weighted by atomic mass is 10.1. The molecule has 0 radical (unpaired) electrons. The molecule has 4 N–H and O–H groups in total. The van der Waals surface area contributed by atoms with Gasteiger partial charge in [-0.1, -0.05) is 30.8 Å². The summed E-state index contributed by atoms with van der Waals surface area (Å²) < 4.78 is 18.7. The van der Waals surface area contributed by atoms with Crippen molar-refractivity contribution in [3.8, 4) is 5.75 Å². The van der Waals surface area contributed by atoms with Crippen molar-refractivity contribution in [2.75, 3.05) is 12.4 Å². The SMILES string of the molecule is C=C(/C=C(N)\C=C(/C)Nc1cc(F)cc(OC)c1)C(=O)NC1Cc2ccccc2C1. The van der Waals surface area contributed by atoms with Crippen LogP contribution in [-0.2, 0) is 17.6 Å². The average Bonchev–Trinajstić information content (AvgIpc) is 3.09. The Labute approximate surface area is 176 Å². The van der Waals surface area contributed by atoms with Crippen LogP contribution >= 0.6 is 0 Å². The molecular formula is C24H26FN3O2. The van der Waals surface area contributed by atoms with E-state index in [4.69, 9.17) is 10.5 Å². The number of amides is 1. The second-order valence-electron chi connectivity index (χ2n) is 7.35. The van der Waals surface area contributed by atoms with Gasteiger partial charge >= 0.3 is 0 Å². The third-order valence-corrected chi connectivity index (χ3v) is 4.85. The van der Waals surface area contributed by atoms with Crippen LogP contribution in [0.25, 0.3) is 0 Å². The van der Waals surface area contributed by atoms with Crippen LogP contribution in [-0.4, -0.2) is 19.1 Å². The highest BCUT2D eigenvalue weighted by Crippen LogP contribution is 2.22. The van der Waals surface area contributed by atoms with Crippen molar-refractivity contribution < 1.29 is 13.9 Å². The summed E-state index contributed by atoms with van der Waals surface area (Å²) in [6.07, 6.45) is 4.80. The molecule has 1 amide bonds. The molecule has 0 saturated carbocycles. The molecule has 3 rings (SSSR count). The van der Waals surface area contributed by atoms with Crippen LogP contribution < -0.4 is 21.1 Å². The van der Waals surface area contributed by atoms with Crippen molar-refractivity contribution >= 4 is 11.6 Å². The van der Waals surface area contributed by atoms with Gasteiger partial charge in [0.25, 0.3) is 5.91 Å². The molecule has 2 aromatic rings. The minimum absolute atomic E-state index is 0.0585. The van der Waals surface area contributed by atoms with E-state index in [0.717, 1.165) is 12.8 Å². The molecule has 0 atom stereocenters. The molecule has 5 nitrogen and oxygen atoms in total. The highest BCUT2D eigenvalue weighted by atomic mass is 19.1. The van der Waals surface area contributed by atoms with E-state index in [2.05, 4.69) is 29.3 Å². The van der Waals surface area contributed by atoms with Crippen LogP contribution in [0.1, 0.15) is 18.1 Å². The first-order chi connectivity index (χ1) is 14.3. The third kappa shape index (κ3) is 5.50. The maximum Gasteiger partial charge on any atom is 0.250 e. The maximum absolute atomic E-state index is 13.6. The number of carbonyl (C=O) groups is 1. The molecule has 0 fully saturated rings. The van der Waals surface area contributed by atoms with Crippen LogP contribution in [0.3, 0.4) is 0 Å². The smallest absolute Gasteiger partial charge is 0.250 e. The number of halogens is 1. The van der Waals surface area contributed by atoms with Gasteiger partial charge in [-0.05, 0) is 49.1 Å². The average molecular weight is 407 g/mol. The summed E-state index contributed by atoms with van der Waals surface area (Å²) in [6, 6.07) is 12.6. The number of anilines is 1. The standard InChI is InChI=1S/C24H26FN3O2/c1-15(24(29)28-21-10-17-6-4-5-7-18(17)11-21)8-20(26)9-16(2)27-22-12-19(25)13-23(14-22)30-3/h4-9,12-14,21,27H,1,10-11,26H2,2-3H3,(H,28,29)/b16-9+,20-8+. The van der Waals surface area contributed by atoms with Gasteiger partial charge in [-0.25, -0.2) is 4.39 Å². The normalized spacial score (nSPS) is 14.2. The summed E-state index contributed by atoms with van der Waals surface area (Å²) in [5, 5.41) is 6.06. The number of carbonyl (C=O) groups excluding carboxylic acids is 1. The summed E-state index contributed by atoms with van der Waals surface area (Å²) in [5.41, 5.74) is 10.4. The minimum atomic E-state index is -0.410. The number of benzene rings is 2. The lowest BCUT2D eigenvalue weighted by molar-refractivity contribution is -0.117. The van der Waals surface area contributed by atoms with Crippen molar-refractivity contribution in [3.05, 3.63) is 95.1 Å². The van der Waals surface area contributed by atoms with Gasteiger partial charge in [0, 0.05) is 40.8 Å². The van der Waals surface area contributed by atoms with Gasteiger partial charge in [-0.15, -0.1) is 0 Å². The topological polar surface area (TPSA) is 76.4 Å². The molecule has 30 heavy (non-hydrogen) atoms. The predicted molar refractivity (Wildman–Crippen MR) is 118 cm³/mol. The quantitative estimate of drug-likeness (QED) is 0.482. The van der Waals surface area contributed by atoms with E-state index < -0.39 is 5.82 Å². The molecule has 0 aliphatic heterocycles. The van der Waals surface area contributed by atoms with E-state index in [1.54, 1.807) is 19.1 Å². The number of allylic oxidation sites excluding steroid dienone is 2. The monoisotopic (exact) mass is 407 g/mol. The minimum Gasteiger partial charge on any atom is -0.497 e. The van der Waals surface area contributed by atoms with Crippen molar-refractivity contribution in [1.29, 1.82) is 0 Å². The number of rotatable bonds is 7. The third-order valence-electron chi connectivity index (χ3n) is 4.85. The Hall–Kier alpha value is -3.54. The number of methoxy groups -OCH3 is 1. The maximum atomic E-state index is 13.6. The number of hydrogen-bond acceptors (Lipinski definition) is 4. The van der Waals surface area contributed by atoms with Crippen LogP contribution in [0.5, 0.6) is 5.75 Å². The molecule has 0 saturated heterocycles. The van der Waals surface area contributed by atoms with Gasteiger partial charge < -0.3 is 21.1 Å². The first kappa shape index (κ1) is 21.2. The highest BCUT2D eigenvalue weighted by molar-refractivity contribution is 5.96. The zero-order chi connectivity index (χ0) is 21.7. The van der Waals surface area contributed by atoms with Gasteiger partial charge in [-0.2, -0.15) is 0 Å². The number of nitrogens with one attached hydrogen (secondary N) is 2. The molecule has 156 valence electrons. The summed E-state index contributed by atoms with van der Waals surface area (Å²) in [4.78, 5) is 12.5. The van der Waals surface area contributed by atoms with Crippen molar-refractivity contribution in [3.63, 3.8) is 0 Å². The Balaban J connectivity index is 1.58. The molecule has 0 aromatic heterocycles. The molecule has 6 heteroatoms. The van der Waals surface area contributed by atoms with Gasteiger partial charge in [0.2, 0.25) is 0 Å². The van der Waals surface area contributed by atoms with E-state index in [-0.39, 0.29) is 17.5 Å². The number of fused-ring (bicyclic) bond motifs is 1. The van der Waals surface area contributed by atoms with E-state index >= 15 is 0 Å². The number of ether oxygens (including phenoxy) is 1. The Morgan fingerprint density at radius 1 is 1.20 bits per heavy atom. The second kappa shape index (κ2) is 9.31. The summed E-state index contributed by atoms with van der Waals surface area (Å²) in [6.45, 7) is 5.62. The van der Waals surface area contributed by atoms with Crippen molar-refractivity contribution in [2.45, 2.75) is 25.8 Å². The Kier molecular flexibility index (Phi) is 6.57. The Morgan fingerprint density at radius 2 is 1.87 bits per heavy atom. The highest BCUT2D eigenvalue weighted by Gasteiger charge is 2.22. The van der Waals surface area contributed by atoms with Gasteiger partial charge in [0.05, 0.1) is 7.11 Å². The fourth-order valence-electron chi connectivity index (χ4n) is 3.51. The molecule has 0 unspecified atom stereocenters. The lowest BCUT2D eigenvalue weighted by Gasteiger charge is -2.12. The van der Waals surface area contributed by atoms with Gasteiger partial charge in [0.15, 0.2) is 0 Å². The molecule has 2 aromatic carbocycles. The first-order valence-corrected chi connectivity index (χ1v) is 9.67. The molecule has 0 heterocycles.